The summed E-state index contributed by atoms with van der Waals surface area (Å²) >= 11 is 0. The van der Waals surface area contributed by atoms with Crippen molar-refractivity contribution in [3.05, 3.63) is 0 Å². The van der Waals surface area contributed by atoms with E-state index in [9.17, 15) is 0 Å². The number of hydrogen-bond donors (Lipinski definition) is 1. The molecule has 1 atom stereocenters. The van der Waals surface area contributed by atoms with E-state index < -0.39 is 0 Å². The van der Waals surface area contributed by atoms with Crippen LogP contribution in [0.4, 0.5) is 0 Å². The maximum atomic E-state index is 5.41. The van der Waals surface area contributed by atoms with Crippen molar-refractivity contribution >= 4 is 0 Å². The van der Waals surface area contributed by atoms with Gasteiger partial charge in [-0.25, -0.2) is 0 Å². The van der Waals surface area contributed by atoms with Crippen LogP contribution in [0.2, 0.25) is 0 Å². The molecule has 13 heavy (non-hydrogen) atoms. The summed E-state index contributed by atoms with van der Waals surface area (Å²) in [5.74, 6) is 0. The molecule has 2 fully saturated rings. The molecule has 0 spiro atoms. The zero-order valence-electron chi connectivity index (χ0n) is 8.29. The van der Waals surface area contributed by atoms with Crippen LogP contribution in [-0.2, 0) is 9.47 Å². The zero-order valence-corrected chi connectivity index (χ0v) is 8.29. The summed E-state index contributed by atoms with van der Waals surface area (Å²) < 4.78 is 10.6. The molecule has 0 aromatic heterocycles. The lowest BCUT2D eigenvalue weighted by molar-refractivity contribution is 0.00151. The molecule has 2 aliphatic rings. The maximum absolute atomic E-state index is 5.41. The van der Waals surface area contributed by atoms with E-state index in [1.54, 1.807) is 7.11 Å². The first-order valence-electron chi connectivity index (χ1n) is 5.25. The molecule has 1 aliphatic carbocycles. The van der Waals surface area contributed by atoms with Gasteiger partial charge in [-0.15, -0.1) is 0 Å². The Labute approximate surface area is 79.8 Å². The van der Waals surface area contributed by atoms with Crippen molar-refractivity contribution in [3.8, 4) is 0 Å². The minimum absolute atomic E-state index is 0.502. The molecule has 1 N–H and O–H groups in total. The first-order chi connectivity index (χ1) is 6.38. The van der Waals surface area contributed by atoms with E-state index in [1.165, 1.54) is 25.7 Å². The highest BCUT2D eigenvalue weighted by atomic mass is 16.5. The first kappa shape index (κ1) is 9.44. The fraction of sp³-hybridized carbons (Fsp3) is 1.00. The van der Waals surface area contributed by atoms with Gasteiger partial charge >= 0.3 is 0 Å². The van der Waals surface area contributed by atoms with Crippen LogP contribution in [0.3, 0.4) is 0 Å². The molecule has 3 heteroatoms. The Hall–Kier alpha value is -0.120. The standard InChI is InChI=1S/C10H19NO2/c1-12-10-5-9(6-10)11-8-3-2-4-13-7-8/h8-11H,2-7H2,1H3/t8-,9?,10?/m1/s1. The number of rotatable bonds is 3. The first-order valence-corrected chi connectivity index (χ1v) is 5.25. The summed E-state index contributed by atoms with van der Waals surface area (Å²) in [6, 6.07) is 1.27. The fourth-order valence-electron chi connectivity index (χ4n) is 2.10. The van der Waals surface area contributed by atoms with E-state index in [0.717, 1.165) is 13.2 Å². The normalized spacial score (nSPS) is 39.9. The Morgan fingerprint density at radius 3 is 2.77 bits per heavy atom. The van der Waals surface area contributed by atoms with Gasteiger partial charge in [-0.3, -0.25) is 0 Å². The quantitative estimate of drug-likeness (QED) is 0.709. The molecule has 1 saturated carbocycles. The van der Waals surface area contributed by atoms with Gasteiger partial charge in [-0.1, -0.05) is 0 Å². The third-order valence-electron chi connectivity index (χ3n) is 3.06. The van der Waals surface area contributed by atoms with Gasteiger partial charge in [0.05, 0.1) is 12.7 Å². The fourth-order valence-corrected chi connectivity index (χ4v) is 2.10. The van der Waals surface area contributed by atoms with E-state index in [4.69, 9.17) is 9.47 Å². The van der Waals surface area contributed by atoms with Crippen LogP contribution in [0.25, 0.3) is 0 Å². The van der Waals surface area contributed by atoms with Crippen molar-refractivity contribution in [2.75, 3.05) is 20.3 Å². The smallest absolute Gasteiger partial charge is 0.0619 e. The second kappa shape index (κ2) is 4.40. The number of ether oxygens (including phenoxy) is 2. The Kier molecular flexibility index (Phi) is 3.19. The van der Waals surface area contributed by atoms with Gasteiger partial charge in [0.25, 0.3) is 0 Å². The molecule has 76 valence electrons. The minimum atomic E-state index is 0.502. The van der Waals surface area contributed by atoms with Crippen molar-refractivity contribution < 1.29 is 9.47 Å². The molecule has 2 rings (SSSR count). The molecule has 1 aliphatic heterocycles. The molecule has 0 aromatic carbocycles. The molecule has 1 saturated heterocycles. The van der Waals surface area contributed by atoms with Gasteiger partial charge in [0, 0.05) is 25.8 Å². The Bertz CT molecular complexity index is 151. The van der Waals surface area contributed by atoms with E-state index >= 15 is 0 Å². The van der Waals surface area contributed by atoms with E-state index in [0.29, 0.717) is 18.2 Å². The van der Waals surface area contributed by atoms with Gasteiger partial charge in [0.15, 0.2) is 0 Å². The summed E-state index contributed by atoms with van der Waals surface area (Å²) in [5, 5.41) is 3.61. The zero-order chi connectivity index (χ0) is 9.10. The molecule has 3 nitrogen and oxygen atoms in total. The summed E-state index contributed by atoms with van der Waals surface area (Å²) in [4.78, 5) is 0. The predicted molar refractivity (Wildman–Crippen MR) is 50.8 cm³/mol. The van der Waals surface area contributed by atoms with Crippen molar-refractivity contribution in [1.82, 2.24) is 5.32 Å². The highest BCUT2D eigenvalue weighted by molar-refractivity contribution is 4.88. The summed E-state index contributed by atoms with van der Waals surface area (Å²) in [5.41, 5.74) is 0. The summed E-state index contributed by atoms with van der Waals surface area (Å²) in [6.07, 6.45) is 5.33. The molecular weight excluding hydrogens is 166 g/mol. The predicted octanol–water partition coefficient (Wildman–Crippen LogP) is 0.932. The van der Waals surface area contributed by atoms with E-state index in [1.807, 2.05) is 0 Å². The van der Waals surface area contributed by atoms with E-state index in [2.05, 4.69) is 5.32 Å². The van der Waals surface area contributed by atoms with Gasteiger partial charge in [-0.2, -0.15) is 0 Å². The molecule has 1 heterocycles. The van der Waals surface area contributed by atoms with Crippen LogP contribution in [0, 0.1) is 0 Å². The maximum Gasteiger partial charge on any atom is 0.0619 e. The SMILES string of the molecule is COC1CC(N[C@@H]2CCCOC2)C1. The Balaban J connectivity index is 1.62. The third-order valence-corrected chi connectivity index (χ3v) is 3.06. The molecule has 0 radical (unpaired) electrons. The highest BCUT2D eigenvalue weighted by Gasteiger charge is 2.30. The summed E-state index contributed by atoms with van der Waals surface area (Å²) in [7, 11) is 1.80. The van der Waals surface area contributed by atoms with Gasteiger partial charge < -0.3 is 14.8 Å². The lowest BCUT2D eigenvalue weighted by Gasteiger charge is -2.38. The number of nitrogens with one attached hydrogen (secondary N) is 1. The van der Waals surface area contributed by atoms with Crippen molar-refractivity contribution in [3.63, 3.8) is 0 Å². The molecule has 0 amide bonds. The van der Waals surface area contributed by atoms with Gasteiger partial charge in [0.1, 0.15) is 0 Å². The van der Waals surface area contributed by atoms with E-state index in [-0.39, 0.29) is 0 Å². The van der Waals surface area contributed by atoms with Crippen molar-refractivity contribution in [2.45, 2.75) is 43.9 Å². The average Bonchev–Trinajstić information content (AvgIpc) is 2.12. The largest absolute Gasteiger partial charge is 0.381 e. The number of methoxy groups -OCH3 is 1. The molecule has 0 bridgehead atoms. The lowest BCUT2D eigenvalue weighted by Crippen LogP contribution is -2.51. The van der Waals surface area contributed by atoms with Gasteiger partial charge in [-0.05, 0) is 25.7 Å². The summed E-state index contributed by atoms with van der Waals surface area (Å²) in [6.45, 7) is 1.84. The Morgan fingerprint density at radius 2 is 2.15 bits per heavy atom. The van der Waals surface area contributed by atoms with Gasteiger partial charge in [0.2, 0.25) is 0 Å². The van der Waals surface area contributed by atoms with Crippen molar-refractivity contribution in [2.24, 2.45) is 0 Å². The van der Waals surface area contributed by atoms with Crippen LogP contribution in [0.5, 0.6) is 0 Å². The van der Waals surface area contributed by atoms with Crippen LogP contribution in [0.1, 0.15) is 25.7 Å². The highest BCUT2D eigenvalue weighted by Crippen LogP contribution is 2.23. The minimum Gasteiger partial charge on any atom is -0.381 e. The van der Waals surface area contributed by atoms with Crippen LogP contribution >= 0.6 is 0 Å². The third kappa shape index (κ3) is 2.42. The number of hydrogen-bond acceptors (Lipinski definition) is 3. The monoisotopic (exact) mass is 185 g/mol. The Morgan fingerprint density at radius 1 is 1.31 bits per heavy atom. The van der Waals surface area contributed by atoms with Crippen molar-refractivity contribution in [1.29, 1.82) is 0 Å². The topological polar surface area (TPSA) is 30.5 Å². The average molecular weight is 185 g/mol. The van der Waals surface area contributed by atoms with Crippen LogP contribution in [-0.4, -0.2) is 38.5 Å². The van der Waals surface area contributed by atoms with Crippen LogP contribution in [0.15, 0.2) is 0 Å². The second-order valence-corrected chi connectivity index (χ2v) is 4.11. The molecule has 0 aromatic rings. The lowest BCUT2D eigenvalue weighted by atomic mass is 9.88. The second-order valence-electron chi connectivity index (χ2n) is 4.11. The van der Waals surface area contributed by atoms with Crippen LogP contribution < -0.4 is 5.32 Å². The molecule has 0 unspecified atom stereocenters. The molecular formula is C10H19NO2.